The number of methoxy groups -OCH3 is 1. The average Bonchev–Trinajstić information content (AvgIpc) is 3.21. The van der Waals surface area contributed by atoms with Crippen molar-refractivity contribution in [1.82, 2.24) is 5.32 Å². The minimum Gasteiger partial charge on any atom is -0.507 e. The number of benzene rings is 3. The summed E-state index contributed by atoms with van der Waals surface area (Å²) in [5.74, 6) is -4.48. The molecular weight excluding hydrogens is 518 g/mol. The number of aliphatic hydroxyl groups is 1. The molecule has 0 saturated carbocycles. The first kappa shape index (κ1) is 26.5. The van der Waals surface area contributed by atoms with E-state index in [2.05, 4.69) is 5.32 Å². The summed E-state index contributed by atoms with van der Waals surface area (Å²) < 4.78 is 11.3. The van der Waals surface area contributed by atoms with Gasteiger partial charge >= 0.3 is 5.97 Å². The number of aromatic carboxylic acids is 1. The van der Waals surface area contributed by atoms with Gasteiger partial charge in [0.05, 0.1) is 18.2 Å². The Morgan fingerprint density at radius 3 is 2.40 bits per heavy atom. The minimum absolute atomic E-state index is 0.0464. The highest BCUT2D eigenvalue weighted by Crippen LogP contribution is 2.56. The van der Waals surface area contributed by atoms with Crippen molar-refractivity contribution in [1.29, 1.82) is 0 Å². The van der Waals surface area contributed by atoms with E-state index in [1.165, 1.54) is 26.2 Å². The van der Waals surface area contributed by atoms with Crippen LogP contribution >= 0.6 is 0 Å². The Bertz CT molecular complexity index is 1750. The second kappa shape index (κ2) is 9.26. The summed E-state index contributed by atoms with van der Waals surface area (Å²) in [5.41, 5.74) is -1.04. The van der Waals surface area contributed by atoms with Gasteiger partial charge < -0.3 is 30.1 Å². The van der Waals surface area contributed by atoms with Gasteiger partial charge in [-0.3, -0.25) is 14.4 Å². The number of Topliss-reactive ketones (excluding diaryl/α,β-unsaturated/α-hetero) is 2. The zero-order valence-corrected chi connectivity index (χ0v) is 22.0. The van der Waals surface area contributed by atoms with E-state index < -0.39 is 45.9 Å². The monoisotopic (exact) mass is 543 g/mol. The molecule has 1 atom stereocenters. The predicted molar refractivity (Wildman–Crippen MR) is 143 cm³/mol. The van der Waals surface area contributed by atoms with Crippen LogP contribution in [0, 0.1) is 6.92 Å². The lowest BCUT2D eigenvalue weighted by Crippen LogP contribution is -2.38. The number of fused-ring (bicyclic) bond motifs is 4. The summed E-state index contributed by atoms with van der Waals surface area (Å²) in [5, 5.41) is 35.2. The van der Waals surface area contributed by atoms with Gasteiger partial charge in [-0.25, -0.2) is 4.79 Å². The van der Waals surface area contributed by atoms with E-state index in [-0.39, 0.29) is 40.5 Å². The van der Waals surface area contributed by atoms with E-state index in [1.54, 1.807) is 19.1 Å². The van der Waals surface area contributed by atoms with Crippen LogP contribution in [0.4, 0.5) is 0 Å². The van der Waals surface area contributed by atoms with Crippen LogP contribution in [0.1, 0.15) is 51.3 Å². The van der Waals surface area contributed by atoms with Gasteiger partial charge in [-0.2, -0.15) is 0 Å². The normalized spacial score (nSPS) is 17.6. The van der Waals surface area contributed by atoms with Crippen molar-refractivity contribution in [3.8, 4) is 17.2 Å². The predicted octanol–water partition coefficient (Wildman–Crippen LogP) is 4.01. The van der Waals surface area contributed by atoms with Crippen molar-refractivity contribution in [3.63, 3.8) is 0 Å². The third kappa shape index (κ3) is 3.71. The molecule has 10 heteroatoms. The number of aromatic hydroxyl groups is 1. The molecule has 1 amide bonds. The van der Waals surface area contributed by atoms with Crippen molar-refractivity contribution in [3.05, 3.63) is 87.4 Å². The maximum Gasteiger partial charge on any atom is 0.335 e. The molecule has 3 aromatic carbocycles. The molecule has 204 valence electrons. The Labute approximate surface area is 228 Å². The Hall–Kier alpha value is -5.12. The average molecular weight is 544 g/mol. The number of amides is 1. The number of carbonyl (C=O) groups is 4. The molecule has 1 aliphatic heterocycles. The van der Waals surface area contributed by atoms with Crippen LogP contribution in [-0.4, -0.2) is 45.9 Å². The molecule has 3 aromatic rings. The van der Waals surface area contributed by atoms with E-state index >= 15 is 0 Å². The third-order valence-corrected chi connectivity index (χ3v) is 7.50. The lowest BCUT2D eigenvalue weighted by atomic mass is 9.71. The molecule has 40 heavy (non-hydrogen) atoms. The van der Waals surface area contributed by atoms with Crippen molar-refractivity contribution >= 4 is 34.2 Å². The maximum atomic E-state index is 13.6. The zero-order chi connectivity index (χ0) is 29.1. The SMILES string of the molecule is COc1cc(O)c2c(c1C(=O)NCc1cc(C(=O)O)c(C)c3ccccc13)OC1=CC(O)=C(C(C)=O)C(=O)[C@]12C. The largest absolute Gasteiger partial charge is 0.507 e. The lowest BCUT2D eigenvalue weighted by molar-refractivity contribution is -0.123. The van der Waals surface area contributed by atoms with Gasteiger partial charge in [-0.1, -0.05) is 24.3 Å². The number of hydrogen-bond donors (Lipinski definition) is 4. The summed E-state index contributed by atoms with van der Waals surface area (Å²) in [6.07, 6.45) is 1.12. The number of phenolic OH excluding ortho intramolecular Hbond substituents is 1. The first-order valence-corrected chi connectivity index (χ1v) is 12.3. The molecule has 1 aliphatic carbocycles. The van der Waals surface area contributed by atoms with Gasteiger partial charge in [0.1, 0.15) is 39.6 Å². The van der Waals surface area contributed by atoms with Crippen LogP contribution in [0.25, 0.3) is 10.8 Å². The van der Waals surface area contributed by atoms with E-state index in [0.29, 0.717) is 11.1 Å². The fraction of sp³-hybridized carbons (Fsp3) is 0.200. The second-order valence-corrected chi connectivity index (χ2v) is 9.80. The highest BCUT2D eigenvalue weighted by atomic mass is 16.5. The molecule has 0 unspecified atom stereocenters. The number of allylic oxidation sites excluding steroid dienone is 3. The molecule has 0 saturated heterocycles. The van der Waals surface area contributed by atoms with E-state index in [1.807, 2.05) is 12.1 Å². The summed E-state index contributed by atoms with van der Waals surface area (Å²) in [6, 6.07) is 9.92. The van der Waals surface area contributed by atoms with Gasteiger partial charge in [0, 0.05) is 18.7 Å². The second-order valence-electron chi connectivity index (χ2n) is 9.80. The van der Waals surface area contributed by atoms with Crippen molar-refractivity contribution in [2.24, 2.45) is 0 Å². The zero-order valence-electron chi connectivity index (χ0n) is 22.0. The van der Waals surface area contributed by atoms with Crippen LogP contribution in [0.2, 0.25) is 0 Å². The van der Waals surface area contributed by atoms with Crippen LogP contribution in [0.5, 0.6) is 17.2 Å². The number of aryl methyl sites for hydroxylation is 1. The highest BCUT2D eigenvalue weighted by molar-refractivity contribution is 6.25. The summed E-state index contributed by atoms with van der Waals surface area (Å²) >= 11 is 0. The number of carboxylic acid groups (broad SMARTS) is 1. The molecule has 0 fully saturated rings. The first-order valence-electron chi connectivity index (χ1n) is 12.3. The number of hydrogen-bond acceptors (Lipinski definition) is 8. The van der Waals surface area contributed by atoms with Crippen molar-refractivity contribution < 1.29 is 44.0 Å². The fourth-order valence-corrected chi connectivity index (χ4v) is 5.45. The Balaban J connectivity index is 1.59. The number of carboxylic acids is 1. The van der Waals surface area contributed by atoms with Crippen LogP contribution in [0.3, 0.4) is 0 Å². The highest BCUT2D eigenvalue weighted by Gasteiger charge is 2.55. The van der Waals surface area contributed by atoms with E-state index in [9.17, 15) is 34.5 Å². The van der Waals surface area contributed by atoms with Crippen LogP contribution in [0.15, 0.2) is 59.6 Å². The summed E-state index contributed by atoms with van der Waals surface area (Å²) in [4.78, 5) is 51.1. The van der Waals surface area contributed by atoms with Crippen LogP contribution in [-0.2, 0) is 21.5 Å². The van der Waals surface area contributed by atoms with E-state index in [4.69, 9.17) is 9.47 Å². The molecule has 4 N–H and O–H groups in total. The topological polar surface area (TPSA) is 159 Å². The Morgan fingerprint density at radius 2 is 1.77 bits per heavy atom. The number of nitrogens with one attached hydrogen (secondary N) is 1. The number of aliphatic hydroxyl groups excluding tert-OH is 1. The van der Waals surface area contributed by atoms with Crippen LogP contribution < -0.4 is 14.8 Å². The number of ketones is 2. The third-order valence-electron chi connectivity index (χ3n) is 7.50. The number of rotatable bonds is 6. The van der Waals surface area contributed by atoms with E-state index in [0.717, 1.165) is 23.8 Å². The minimum atomic E-state index is -1.68. The molecule has 0 spiro atoms. The Kier molecular flexibility index (Phi) is 6.13. The fourth-order valence-electron chi connectivity index (χ4n) is 5.45. The van der Waals surface area contributed by atoms with Crippen molar-refractivity contribution in [2.45, 2.75) is 32.7 Å². The van der Waals surface area contributed by atoms with Gasteiger partial charge in [-0.05, 0) is 48.7 Å². The number of ether oxygens (including phenoxy) is 2. The van der Waals surface area contributed by atoms with Gasteiger partial charge in [-0.15, -0.1) is 0 Å². The van der Waals surface area contributed by atoms with Gasteiger partial charge in [0.2, 0.25) is 0 Å². The molecule has 5 rings (SSSR count). The summed E-state index contributed by atoms with van der Waals surface area (Å²) in [7, 11) is 1.29. The smallest absolute Gasteiger partial charge is 0.335 e. The van der Waals surface area contributed by atoms with Gasteiger partial charge in [0.15, 0.2) is 17.3 Å². The maximum absolute atomic E-state index is 13.6. The quantitative estimate of drug-likeness (QED) is 0.337. The molecule has 0 radical (unpaired) electrons. The molecule has 0 aromatic heterocycles. The molecule has 1 heterocycles. The molecule has 10 nitrogen and oxygen atoms in total. The molecule has 2 aliphatic rings. The summed E-state index contributed by atoms with van der Waals surface area (Å²) in [6.45, 7) is 4.23. The molecular formula is C30H25NO9. The number of carbonyl (C=O) groups excluding carboxylic acids is 3. The van der Waals surface area contributed by atoms with Gasteiger partial charge in [0.25, 0.3) is 5.91 Å². The lowest BCUT2D eigenvalue weighted by Gasteiger charge is -2.27. The molecule has 0 bridgehead atoms. The standard InChI is InChI=1S/C30H25NO9/c1-13-16-7-5-6-8-17(16)15(9-18(13)29(37)38)12-31-28(36)24-21(39-4)10-20(34)25-26(24)40-22-11-19(33)23(14(2)32)27(35)30(22,25)3/h5-11,33-34H,12H2,1-4H3,(H,31,36)(H,37,38)/t30-/m1/s1. The Morgan fingerprint density at radius 1 is 1.10 bits per heavy atom. The first-order chi connectivity index (χ1) is 18.9. The number of phenols is 1. The van der Waals surface area contributed by atoms with Crippen molar-refractivity contribution in [2.75, 3.05) is 7.11 Å².